The van der Waals surface area contributed by atoms with Crippen molar-refractivity contribution in [3.8, 4) is 5.69 Å². The molecule has 1 aliphatic rings. The second-order valence-electron chi connectivity index (χ2n) is 14.4. The van der Waals surface area contributed by atoms with Crippen molar-refractivity contribution in [3.63, 3.8) is 0 Å². The van der Waals surface area contributed by atoms with Gasteiger partial charge in [-0.3, -0.25) is 0 Å². The summed E-state index contributed by atoms with van der Waals surface area (Å²) in [4.78, 5) is 7.39. The van der Waals surface area contributed by atoms with Crippen LogP contribution in [0.4, 0.5) is 17.1 Å². The molecule has 4 nitrogen and oxygen atoms in total. The highest BCUT2D eigenvalue weighted by Gasteiger charge is 2.37. The highest BCUT2D eigenvalue weighted by atomic mass is 15.2. The van der Waals surface area contributed by atoms with Gasteiger partial charge in [-0.1, -0.05) is 136 Å². The molecular formula is C50H40N4. The SMILES string of the molecule is C=C(/C=C(\N=C(N)c1ccc(N2c3ccccc3C(C)(C)c3cc4c(cc32)c2ccccc2n4-c2ccccc2)cc1)c1ccccc1)c1ccccc1. The van der Waals surface area contributed by atoms with E-state index in [4.69, 9.17) is 10.7 Å². The molecular weight excluding hydrogens is 657 g/mol. The number of allylic oxidation sites excluding steroid dienone is 2. The van der Waals surface area contributed by atoms with E-state index in [9.17, 15) is 0 Å². The quantitative estimate of drug-likeness (QED) is 0.102. The Balaban J connectivity index is 1.17. The Morgan fingerprint density at radius 3 is 1.89 bits per heavy atom. The lowest BCUT2D eigenvalue weighted by Gasteiger charge is -2.42. The van der Waals surface area contributed by atoms with Gasteiger partial charge in [0.15, 0.2) is 0 Å². The second-order valence-corrected chi connectivity index (χ2v) is 14.4. The zero-order valence-corrected chi connectivity index (χ0v) is 30.4. The number of nitrogens with two attached hydrogens (primary N) is 1. The summed E-state index contributed by atoms with van der Waals surface area (Å²) < 4.78 is 2.40. The normalized spacial score (nSPS) is 13.9. The zero-order valence-electron chi connectivity index (χ0n) is 30.4. The number of amidine groups is 1. The van der Waals surface area contributed by atoms with Gasteiger partial charge in [0.2, 0.25) is 0 Å². The average molecular weight is 697 g/mol. The van der Waals surface area contributed by atoms with Crippen LogP contribution in [0.2, 0.25) is 0 Å². The third-order valence-corrected chi connectivity index (χ3v) is 10.7. The van der Waals surface area contributed by atoms with Gasteiger partial charge in [0, 0.05) is 38.7 Å². The largest absolute Gasteiger partial charge is 0.383 e. The van der Waals surface area contributed by atoms with E-state index in [0.29, 0.717) is 5.84 Å². The number of anilines is 3. The van der Waals surface area contributed by atoms with E-state index in [0.717, 1.165) is 39.3 Å². The maximum atomic E-state index is 6.79. The lowest BCUT2D eigenvalue weighted by Crippen LogP contribution is -2.30. The molecule has 0 fully saturated rings. The van der Waals surface area contributed by atoms with E-state index < -0.39 is 0 Å². The van der Waals surface area contributed by atoms with Crippen molar-refractivity contribution in [3.05, 3.63) is 216 Å². The van der Waals surface area contributed by atoms with Crippen molar-refractivity contribution in [2.75, 3.05) is 4.90 Å². The first-order chi connectivity index (χ1) is 26.4. The van der Waals surface area contributed by atoms with Crippen molar-refractivity contribution in [2.24, 2.45) is 10.7 Å². The Kier molecular flexibility index (Phi) is 8.09. The van der Waals surface area contributed by atoms with Crippen LogP contribution >= 0.6 is 0 Å². The monoisotopic (exact) mass is 696 g/mol. The molecule has 0 amide bonds. The third kappa shape index (κ3) is 5.60. The first kappa shape index (κ1) is 33.0. The Labute approximate surface area is 316 Å². The summed E-state index contributed by atoms with van der Waals surface area (Å²) in [6.45, 7) is 9.02. The minimum absolute atomic E-state index is 0.241. The molecule has 7 aromatic carbocycles. The lowest BCUT2D eigenvalue weighted by molar-refractivity contribution is 0.632. The molecule has 9 rings (SSSR count). The first-order valence-corrected chi connectivity index (χ1v) is 18.4. The fraction of sp³-hybridized carbons (Fsp3) is 0.0600. The van der Waals surface area contributed by atoms with E-state index in [-0.39, 0.29) is 5.41 Å². The van der Waals surface area contributed by atoms with E-state index >= 15 is 0 Å². The van der Waals surface area contributed by atoms with E-state index in [1.165, 1.54) is 44.3 Å². The molecule has 0 unspecified atom stereocenters. The number of aliphatic imine (C=N–C) groups is 1. The smallest absolute Gasteiger partial charge is 0.131 e. The van der Waals surface area contributed by atoms with Crippen molar-refractivity contribution >= 4 is 56.0 Å². The van der Waals surface area contributed by atoms with Crippen LogP contribution in [0.3, 0.4) is 0 Å². The summed E-state index contributed by atoms with van der Waals surface area (Å²) in [7, 11) is 0. The summed E-state index contributed by atoms with van der Waals surface area (Å²) in [5.41, 5.74) is 20.5. The molecule has 0 spiro atoms. The highest BCUT2D eigenvalue weighted by Crippen LogP contribution is 2.53. The van der Waals surface area contributed by atoms with Crippen LogP contribution in [-0.4, -0.2) is 10.4 Å². The number of hydrogen-bond acceptors (Lipinski definition) is 2. The van der Waals surface area contributed by atoms with Crippen molar-refractivity contribution in [2.45, 2.75) is 19.3 Å². The summed E-state index contributed by atoms with van der Waals surface area (Å²) in [5.74, 6) is 0.438. The number of para-hydroxylation sites is 3. The van der Waals surface area contributed by atoms with Gasteiger partial charge in [0.25, 0.3) is 0 Å². The van der Waals surface area contributed by atoms with Gasteiger partial charge in [0.05, 0.1) is 28.1 Å². The van der Waals surface area contributed by atoms with Gasteiger partial charge in [-0.25, -0.2) is 4.99 Å². The average Bonchev–Trinajstić information content (AvgIpc) is 3.55. The first-order valence-electron chi connectivity index (χ1n) is 18.4. The molecule has 2 N–H and O–H groups in total. The Bertz CT molecular complexity index is 2740. The maximum absolute atomic E-state index is 6.79. The van der Waals surface area contributed by atoms with Crippen LogP contribution in [0.15, 0.2) is 194 Å². The number of aromatic nitrogens is 1. The summed E-state index contributed by atoms with van der Waals surface area (Å²) in [6.07, 6.45) is 2.00. The third-order valence-electron chi connectivity index (χ3n) is 10.7. The molecule has 0 saturated heterocycles. The molecule has 0 saturated carbocycles. The molecule has 4 heteroatoms. The van der Waals surface area contributed by atoms with Gasteiger partial charge < -0.3 is 15.2 Å². The van der Waals surface area contributed by atoms with E-state index in [1.54, 1.807) is 0 Å². The predicted octanol–water partition coefficient (Wildman–Crippen LogP) is 12.4. The van der Waals surface area contributed by atoms with E-state index in [1.807, 2.05) is 54.6 Å². The number of nitrogens with zero attached hydrogens (tertiary/aromatic N) is 3. The van der Waals surface area contributed by atoms with Gasteiger partial charge in [0.1, 0.15) is 5.84 Å². The molecule has 0 atom stereocenters. The molecule has 0 bridgehead atoms. The number of hydrogen-bond donors (Lipinski definition) is 1. The summed E-state index contributed by atoms with van der Waals surface area (Å²) in [6, 6.07) is 61.7. The molecule has 2 heterocycles. The minimum atomic E-state index is -0.241. The maximum Gasteiger partial charge on any atom is 0.131 e. The van der Waals surface area contributed by atoms with Crippen LogP contribution in [0.5, 0.6) is 0 Å². The summed E-state index contributed by atoms with van der Waals surface area (Å²) >= 11 is 0. The number of rotatable bonds is 7. The number of benzene rings is 7. The van der Waals surface area contributed by atoms with Crippen LogP contribution in [-0.2, 0) is 5.41 Å². The number of fused-ring (bicyclic) bond motifs is 5. The fourth-order valence-corrected chi connectivity index (χ4v) is 7.96. The lowest BCUT2D eigenvalue weighted by atomic mass is 9.73. The topological polar surface area (TPSA) is 46.5 Å². The Morgan fingerprint density at radius 2 is 1.17 bits per heavy atom. The standard InChI is InChI=1S/C50H40N4/c1-34(35-17-7-4-8-18-35)31-44(36-19-9-5-10-20-36)52-49(51)37-27-29-39(30-28-37)54-46-26-16-14-24-42(46)50(2,3)43-33-47-41(32-48(43)54)40-23-13-15-25-45(40)53(47)38-21-11-6-12-22-38/h4-33H,1H2,2-3H3,(H2,51,52)/b44-31-. The van der Waals surface area contributed by atoms with Crippen molar-refractivity contribution in [1.82, 2.24) is 4.57 Å². The van der Waals surface area contributed by atoms with E-state index in [2.05, 4.69) is 157 Å². The van der Waals surface area contributed by atoms with Crippen LogP contribution in [0.1, 0.15) is 41.7 Å². The zero-order chi connectivity index (χ0) is 36.8. The van der Waals surface area contributed by atoms with Crippen molar-refractivity contribution in [1.29, 1.82) is 0 Å². The molecule has 8 aromatic rings. The molecule has 0 aliphatic carbocycles. The van der Waals surface area contributed by atoms with Crippen LogP contribution in [0, 0.1) is 0 Å². The van der Waals surface area contributed by atoms with Gasteiger partial charge >= 0.3 is 0 Å². The van der Waals surface area contributed by atoms with Gasteiger partial charge in [-0.15, -0.1) is 0 Å². The molecule has 1 aromatic heterocycles. The van der Waals surface area contributed by atoms with Gasteiger partial charge in [-0.2, -0.15) is 0 Å². The molecule has 1 aliphatic heterocycles. The Morgan fingerprint density at radius 1 is 0.556 bits per heavy atom. The molecule has 54 heavy (non-hydrogen) atoms. The van der Waals surface area contributed by atoms with Crippen LogP contribution < -0.4 is 10.6 Å². The van der Waals surface area contributed by atoms with Crippen LogP contribution in [0.25, 0.3) is 38.8 Å². The minimum Gasteiger partial charge on any atom is -0.383 e. The fourth-order valence-electron chi connectivity index (χ4n) is 7.96. The second kappa shape index (κ2) is 13.3. The molecule has 0 radical (unpaired) electrons. The Hall–Kier alpha value is -6.91. The summed E-state index contributed by atoms with van der Waals surface area (Å²) in [5, 5.41) is 2.45. The predicted molar refractivity (Wildman–Crippen MR) is 228 cm³/mol. The molecule has 260 valence electrons. The highest BCUT2D eigenvalue weighted by molar-refractivity contribution is 6.12. The van der Waals surface area contributed by atoms with Crippen molar-refractivity contribution < 1.29 is 0 Å². The van der Waals surface area contributed by atoms with Gasteiger partial charge in [-0.05, 0) is 89.0 Å².